The number of rotatable bonds is 6. The molecule has 0 saturated carbocycles. The topological polar surface area (TPSA) is 52.6 Å². The number of piperidine rings is 1. The lowest BCUT2D eigenvalue weighted by atomic mass is 10.0. The quantitative estimate of drug-likeness (QED) is 0.848. The molecule has 0 bridgehead atoms. The van der Waals surface area contributed by atoms with Crippen molar-refractivity contribution in [2.75, 3.05) is 19.7 Å². The predicted molar refractivity (Wildman–Crippen MR) is 88.7 cm³/mol. The van der Waals surface area contributed by atoms with Gasteiger partial charge in [-0.05, 0) is 43.9 Å². The van der Waals surface area contributed by atoms with Gasteiger partial charge in [0, 0.05) is 6.04 Å². The lowest BCUT2D eigenvalue weighted by Gasteiger charge is -2.34. The Morgan fingerprint density at radius 1 is 1.36 bits per heavy atom. The van der Waals surface area contributed by atoms with Crippen LogP contribution in [0.5, 0.6) is 0 Å². The molecule has 2 atom stereocenters. The van der Waals surface area contributed by atoms with Gasteiger partial charge in [0.15, 0.2) is 0 Å². The van der Waals surface area contributed by atoms with Gasteiger partial charge in [0.25, 0.3) is 0 Å². The highest BCUT2D eigenvalue weighted by Gasteiger charge is 2.24. The number of aliphatic hydroxyl groups excluding tert-OH is 1. The minimum Gasteiger partial charge on any atom is -0.395 e. The molecule has 4 heteroatoms. The standard InChI is InChI=1S/C18H28N2O2/c1-3-15-7-9-16(10-8-15)14(2)19-18(22)12-20-11-5-4-6-17(20)13-21/h7-10,14,17,21H,3-6,11-13H2,1-2H3,(H,19,22). The van der Waals surface area contributed by atoms with Crippen molar-refractivity contribution in [1.29, 1.82) is 0 Å². The summed E-state index contributed by atoms with van der Waals surface area (Å²) in [5, 5.41) is 12.5. The van der Waals surface area contributed by atoms with Crippen LogP contribution in [0.25, 0.3) is 0 Å². The molecule has 1 heterocycles. The highest BCUT2D eigenvalue weighted by atomic mass is 16.3. The van der Waals surface area contributed by atoms with E-state index in [1.165, 1.54) is 5.56 Å². The van der Waals surface area contributed by atoms with Crippen molar-refractivity contribution in [2.45, 2.75) is 51.6 Å². The Morgan fingerprint density at radius 2 is 2.09 bits per heavy atom. The Balaban J connectivity index is 1.87. The lowest BCUT2D eigenvalue weighted by molar-refractivity contribution is -0.124. The first-order valence-corrected chi connectivity index (χ1v) is 8.37. The first-order chi connectivity index (χ1) is 10.6. The van der Waals surface area contributed by atoms with E-state index < -0.39 is 0 Å². The summed E-state index contributed by atoms with van der Waals surface area (Å²) in [5.74, 6) is 0.0346. The van der Waals surface area contributed by atoms with Crippen LogP contribution in [0, 0.1) is 0 Å². The van der Waals surface area contributed by atoms with Gasteiger partial charge in [-0.1, -0.05) is 37.6 Å². The molecule has 1 amide bonds. The van der Waals surface area contributed by atoms with Gasteiger partial charge in [-0.25, -0.2) is 0 Å². The molecule has 2 N–H and O–H groups in total. The number of aliphatic hydroxyl groups is 1. The monoisotopic (exact) mass is 304 g/mol. The van der Waals surface area contributed by atoms with E-state index in [-0.39, 0.29) is 24.6 Å². The first-order valence-electron chi connectivity index (χ1n) is 8.37. The molecule has 1 aliphatic rings. The Kier molecular flexibility index (Phi) is 6.40. The summed E-state index contributed by atoms with van der Waals surface area (Å²) in [6, 6.07) is 8.55. The average Bonchev–Trinajstić information content (AvgIpc) is 2.55. The minimum atomic E-state index is 0.00998. The minimum absolute atomic E-state index is 0.00998. The summed E-state index contributed by atoms with van der Waals surface area (Å²) in [6.07, 6.45) is 4.26. The van der Waals surface area contributed by atoms with Crippen LogP contribution in [0.2, 0.25) is 0 Å². The molecular formula is C18H28N2O2. The second-order valence-corrected chi connectivity index (χ2v) is 6.19. The van der Waals surface area contributed by atoms with E-state index in [0.29, 0.717) is 6.54 Å². The molecule has 22 heavy (non-hydrogen) atoms. The van der Waals surface area contributed by atoms with Crippen molar-refractivity contribution in [3.05, 3.63) is 35.4 Å². The van der Waals surface area contributed by atoms with Gasteiger partial charge in [0.05, 0.1) is 19.2 Å². The third-order valence-electron chi connectivity index (χ3n) is 4.57. The third kappa shape index (κ3) is 4.55. The number of nitrogens with zero attached hydrogens (tertiary/aromatic N) is 1. The van der Waals surface area contributed by atoms with E-state index in [0.717, 1.165) is 37.8 Å². The number of nitrogens with one attached hydrogen (secondary N) is 1. The zero-order valence-corrected chi connectivity index (χ0v) is 13.7. The van der Waals surface area contributed by atoms with Crippen molar-refractivity contribution in [3.8, 4) is 0 Å². The van der Waals surface area contributed by atoms with Crippen LogP contribution in [-0.2, 0) is 11.2 Å². The van der Waals surface area contributed by atoms with Crippen molar-refractivity contribution >= 4 is 5.91 Å². The molecule has 1 aromatic carbocycles. The van der Waals surface area contributed by atoms with Gasteiger partial charge in [-0.3, -0.25) is 9.69 Å². The SMILES string of the molecule is CCc1ccc(C(C)NC(=O)CN2CCCCC2CO)cc1. The Morgan fingerprint density at radius 3 is 2.73 bits per heavy atom. The van der Waals surface area contributed by atoms with Crippen LogP contribution in [0.15, 0.2) is 24.3 Å². The summed E-state index contributed by atoms with van der Waals surface area (Å²) >= 11 is 0. The number of amides is 1. The number of hydrogen-bond acceptors (Lipinski definition) is 3. The average molecular weight is 304 g/mol. The maximum atomic E-state index is 12.2. The maximum absolute atomic E-state index is 12.2. The molecule has 0 spiro atoms. The molecular weight excluding hydrogens is 276 g/mol. The Labute approximate surface area is 133 Å². The van der Waals surface area contributed by atoms with E-state index in [4.69, 9.17) is 0 Å². The van der Waals surface area contributed by atoms with E-state index in [1.54, 1.807) is 0 Å². The maximum Gasteiger partial charge on any atom is 0.234 e. The summed E-state index contributed by atoms with van der Waals surface area (Å²) in [4.78, 5) is 14.3. The zero-order chi connectivity index (χ0) is 15.9. The molecule has 1 saturated heterocycles. The van der Waals surface area contributed by atoms with Crippen LogP contribution < -0.4 is 5.32 Å². The number of likely N-dealkylation sites (tertiary alicyclic amines) is 1. The number of carbonyl (C=O) groups is 1. The van der Waals surface area contributed by atoms with Crippen LogP contribution in [0.1, 0.15) is 50.3 Å². The van der Waals surface area contributed by atoms with Gasteiger partial charge >= 0.3 is 0 Å². The molecule has 1 fully saturated rings. The fourth-order valence-electron chi connectivity index (χ4n) is 3.07. The molecule has 2 rings (SSSR count). The summed E-state index contributed by atoms with van der Waals surface area (Å²) in [5.41, 5.74) is 2.43. The predicted octanol–water partition coefficient (Wildman–Crippen LogP) is 2.27. The van der Waals surface area contributed by atoms with Crippen molar-refractivity contribution in [1.82, 2.24) is 10.2 Å². The van der Waals surface area contributed by atoms with Crippen LogP contribution in [-0.4, -0.2) is 41.7 Å². The molecule has 1 aliphatic heterocycles. The van der Waals surface area contributed by atoms with Gasteiger partial charge in [-0.15, -0.1) is 0 Å². The molecule has 0 aromatic heterocycles. The lowest BCUT2D eigenvalue weighted by Crippen LogP contribution is -2.47. The first kappa shape index (κ1) is 17.0. The van der Waals surface area contributed by atoms with Gasteiger partial charge in [-0.2, -0.15) is 0 Å². The smallest absolute Gasteiger partial charge is 0.234 e. The van der Waals surface area contributed by atoms with Crippen LogP contribution >= 0.6 is 0 Å². The van der Waals surface area contributed by atoms with Gasteiger partial charge < -0.3 is 10.4 Å². The van der Waals surface area contributed by atoms with Crippen molar-refractivity contribution in [2.24, 2.45) is 0 Å². The Bertz CT molecular complexity index is 472. The fourth-order valence-corrected chi connectivity index (χ4v) is 3.07. The van der Waals surface area contributed by atoms with Gasteiger partial charge in [0.1, 0.15) is 0 Å². The molecule has 0 aliphatic carbocycles. The van der Waals surface area contributed by atoms with Crippen LogP contribution in [0.4, 0.5) is 0 Å². The van der Waals surface area contributed by atoms with Crippen molar-refractivity contribution in [3.63, 3.8) is 0 Å². The van der Waals surface area contributed by atoms with Crippen molar-refractivity contribution < 1.29 is 9.90 Å². The van der Waals surface area contributed by atoms with E-state index in [1.807, 2.05) is 6.92 Å². The third-order valence-corrected chi connectivity index (χ3v) is 4.57. The van der Waals surface area contributed by atoms with Gasteiger partial charge in [0.2, 0.25) is 5.91 Å². The Hall–Kier alpha value is -1.39. The molecule has 0 radical (unpaired) electrons. The largest absolute Gasteiger partial charge is 0.395 e. The van der Waals surface area contributed by atoms with E-state index in [9.17, 15) is 9.90 Å². The molecule has 1 aromatic rings. The molecule has 4 nitrogen and oxygen atoms in total. The molecule has 2 unspecified atom stereocenters. The highest BCUT2D eigenvalue weighted by molar-refractivity contribution is 5.78. The summed E-state index contributed by atoms with van der Waals surface area (Å²) < 4.78 is 0. The van der Waals surface area contributed by atoms with E-state index in [2.05, 4.69) is 41.4 Å². The van der Waals surface area contributed by atoms with Crippen LogP contribution in [0.3, 0.4) is 0 Å². The zero-order valence-electron chi connectivity index (χ0n) is 13.7. The summed E-state index contributed by atoms with van der Waals surface area (Å²) in [7, 11) is 0. The number of hydrogen-bond donors (Lipinski definition) is 2. The number of carbonyl (C=O) groups excluding carboxylic acids is 1. The second-order valence-electron chi connectivity index (χ2n) is 6.19. The fraction of sp³-hybridized carbons (Fsp3) is 0.611. The second kappa shape index (κ2) is 8.30. The highest BCUT2D eigenvalue weighted by Crippen LogP contribution is 2.17. The van der Waals surface area contributed by atoms with E-state index >= 15 is 0 Å². The number of aryl methyl sites for hydroxylation is 1. The molecule has 122 valence electrons. The summed E-state index contributed by atoms with van der Waals surface area (Å²) in [6.45, 7) is 5.57. The number of benzene rings is 1. The normalized spacial score (nSPS) is 20.6.